The molecule has 2 rings (SSSR count). The van der Waals surface area contributed by atoms with Crippen molar-refractivity contribution < 1.29 is 13.9 Å². The Kier molecular flexibility index (Phi) is 7.04. The Morgan fingerprint density at radius 3 is 2.54 bits per heavy atom. The summed E-state index contributed by atoms with van der Waals surface area (Å²) in [5.74, 6) is 0.138. The third-order valence-corrected chi connectivity index (χ3v) is 4.25. The second-order valence-corrected chi connectivity index (χ2v) is 7.55. The fraction of sp³-hybridized carbons (Fsp3) is 0.455. The average Bonchev–Trinajstić information content (AvgIpc) is 2.80. The predicted molar refractivity (Wildman–Crippen MR) is 104 cm³/mol. The van der Waals surface area contributed by atoms with Gasteiger partial charge in [-0.2, -0.15) is 0 Å². The highest BCUT2D eigenvalue weighted by Gasteiger charge is 2.24. The van der Waals surface area contributed by atoms with Gasteiger partial charge in [-0.1, -0.05) is 31.2 Å². The van der Waals surface area contributed by atoms with Crippen molar-refractivity contribution in [2.45, 2.75) is 52.7 Å². The summed E-state index contributed by atoms with van der Waals surface area (Å²) in [4.78, 5) is 0. The normalized spacial score (nSPS) is 16.8. The van der Waals surface area contributed by atoms with Gasteiger partial charge in [0.1, 0.15) is 0 Å². The van der Waals surface area contributed by atoms with E-state index in [1.807, 2.05) is 18.4 Å². The van der Waals surface area contributed by atoms with Crippen LogP contribution in [0.1, 0.15) is 41.0 Å². The standard InChI is InChI=1S/C22H30FNO2/c1-16(17(2)26-22(3,4)5)21-18(10-8-9-14-24-21)13-15-25-20-12-7-6-11-19(20)23/h6-12,14,16-17,24H,13,15H2,1-5H3. The molecule has 0 fully saturated rings. The molecule has 1 aromatic carbocycles. The minimum atomic E-state index is -0.335. The molecule has 142 valence electrons. The molecule has 0 amide bonds. The summed E-state index contributed by atoms with van der Waals surface area (Å²) in [7, 11) is 0. The van der Waals surface area contributed by atoms with Gasteiger partial charge >= 0.3 is 0 Å². The molecule has 3 nitrogen and oxygen atoms in total. The van der Waals surface area contributed by atoms with Crippen LogP contribution in [0.4, 0.5) is 4.39 Å². The van der Waals surface area contributed by atoms with Crippen LogP contribution in [0.2, 0.25) is 0 Å². The number of nitrogens with one attached hydrogen (secondary N) is 1. The van der Waals surface area contributed by atoms with E-state index in [0.717, 1.165) is 11.3 Å². The van der Waals surface area contributed by atoms with Crippen molar-refractivity contribution >= 4 is 0 Å². The Morgan fingerprint density at radius 1 is 1.12 bits per heavy atom. The maximum Gasteiger partial charge on any atom is 0.165 e. The van der Waals surface area contributed by atoms with Gasteiger partial charge in [0.25, 0.3) is 0 Å². The fourth-order valence-electron chi connectivity index (χ4n) is 2.92. The summed E-state index contributed by atoms with van der Waals surface area (Å²) in [5, 5.41) is 3.39. The molecule has 0 spiro atoms. The lowest BCUT2D eigenvalue weighted by molar-refractivity contribution is -0.0677. The minimum Gasteiger partial charge on any atom is -0.490 e. The van der Waals surface area contributed by atoms with E-state index in [4.69, 9.17) is 9.47 Å². The molecule has 4 heteroatoms. The quantitative estimate of drug-likeness (QED) is 0.711. The van der Waals surface area contributed by atoms with Gasteiger partial charge in [0, 0.05) is 24.2 Å². The molecule has 0 saturated carbocycles. The molecule has 1 aliphatic rings. The first kappa shape index (κ1) is 20.2. The van der Waals surface area contributed by atoms with Crippen molar-refractivity contribution in [3.05, 3.63) is 65.8 Å². The van der Waals surface area contributed by atoms with Crippen molar-refractivity contribution in [2.24, 2.45) is 5.92 Å². The number of hydrogen-bond donors (Lipinski definition) is 1. The van der Waals surface area contributed by atoms with Crippen molar-refractivity contribution in [3.8, 4) is 5.75 Å². The van der Waals surface area contributed by atoms with Gasteiger partial charge in [0.05, 0.1) is 18.3 Å². The van der Waals surface area contributed by atoms with Crippen LogP contribution >= 0.6 is 0 Å². The van der Waals surface area contributed by atoms with Gasteiger partial charge in [-0.05, 0) is 51.5 Å². The molecule has 1 heterocycles. The summed E-state index contributed by atoms with van der Waals surface area (Å²) >= 11 is 0. The van der Waals surface area contributed by atoms with Gasteiger partial charge in [-0.15, -0.1) is 0 Å². The highest BCUT2D eigenvalue weighted by atomic mass is 19.1. The Bertz CT molecular complexity index is 686. The maximum atomic E-state index is 13.7. The zero-order valence-corrected chi connectivity index (χ0v) is 16.4. The van der Waals surface area contributed by atoms with E-state index in [1.54, 1.807) is 18.2 Å². The molecule has 0 aliphatic carbocycles. The van der Waals surface area contributed by atoms with E-state index >= 15 is 0 Å². The third kappa shape index (κ3) is 6.03. The second-order valence-electron chi connectivity index (χ2n) is 7.55. The average molecular weight is 359 g/mol. The first-order valence-corrected chi connectivity index (χ1v) is 9.16. The van der Waals surface area contributed by atoms with E-state index in [9.17, 15) is 4.39 Å². The van der Waals surface area contributed by atoms with Crippen molar-refractivity contribution in [3.63, 3.8) is 0 Å². The van der Waals surface area contributed by atoms with Crippen LogP contribution in [-0.4, -0.2) is 18.3 Å². The number of allylic oxidation sites excluding steroid dienone is 3. The molecular weight excluding hydrogens is 329 g/mol. The Labute approximate surface area is 156 Å². The molecular formula is C22H30FNO2. The zero-order valence-electron chi connectivity index (χ0n) is 16.4. The fourth-order valence-corrected chi connectivity index (χ4v) is 2.92. The van der Waals surface area contributed by atoms with E-state index in [1.165, 1.54) is 6.07 Å². The van der Waals surface area contributed by atoms with Gasteiger partial charge in [-0.3, -0.25) is 0 Å². The van der Waals surface area contributed by atoms with Crippen LogP contribution < -0.4 is 10.1 Å². The number of para-hydroxylation sites is 1. The van der Waals surface area contributed by atoms with Crippen LogP contribution in [0.5, 0.6) is 5.75 Å². The lowest BCUT2D eigenvalue weighted by Crippen LogP contribution is -2.33. The molecule has 26 heavy (non-hydrogen) atoms. The molecule has 0 aromatic heterocycles. The maximum absolute atomic E-state index is 13.7. The number of hydrogen-bond acceptors (Lipinski definition) is 3. The van der Waals surface area contributed by atoms with Crippen LogP contribution in [-0.2, 0) is 4.74 Å². The summed E-state index contributed by atoms with van der Waals surface area (Å²) in [6, 6.07) is 6.48. The number of ether oxygens (including phenoxy) is 2. The van der Waals surface area contributed by atoms with E-state index in [0.29, 0.717) is 13.0 Å². The zero-order chi connectivity index (χ0) is 19.2. The molecule has 0 bridgehead atoms. The van der Waals surface area contributed by atoms with Gasteiger partial charge < -0.3 is 14.8 Å². The number of benzene rings is 1. The molecule has 2 atom stereocenters. The van der Waals surface area contributed by atoms with Crippen LogP contribution in [0.15, 0.2) is 60.0 Å². The van der Waals surface area contributed by atoms with E-state index < -0.39 is 0 Å². The molecule has 1 aliphatic heterocycles. The van der Waals surface area contributed by atoms with Crippen LogP contribution in [0, 0.1) is 11.7 Å². The summed E-state index contributed by atoms with van der Waals surface area (Å²) < 4.78 is 25.5. The van der Waals surface area contributed by atoms with Crippen LogP contribution in [0.3, 0.4) is 0 Å². The summed E-state index contributed by atoms with van der Waals surface area (Å²) in [6.45, 7) is 10.9. The Hall–Kier alpha value is -2.07. The second kappa shape index (κ2) is 9.04. The smallest absolute Gasteiger partial charge is 0.165 e. The summed E-state index contributed by atoms with van der Waals surface area (Å²) in [5.41, 5.74) is 2.06. The van der Waals surface area contributed by atoms with Crippen molar-refractivity contribution in [2.75, 3.05) is 6.61 Å². The Balaban J connectivity index is 2.09. The van der Waals surface area contributed by atoms with E-state index in [-0.39, 0.29) is 29.2 Å². The van der Waals surface area contributed by atoms with Gasteiger partial charge in [0.15, 0.2) is 11.6 Å². The minimum absolute atomic E-state index is 0.0555. The SMILES string of the molecule is CC(OC(C)(C)C)C(C)C1=C(CCOc2ccccc2F)C=CC=CN1. The van der Waals surface area contributed by atoms with Crippen LogP contribution in [0.25, 0.3) is 0 Å². The van der Waals surface area contributed by atoms with E-state index in [2.05, 4.69) is 46.0 Å². The lowest BCUT2D eigenvalue weighted by atomic mass is 9.95. The monoisotopic (exact) mass is 359 g/mol. The van der Waals surface area contributed by atoms with Crippen molar-refractivity contribution in [1.29, 1.82) is 0 Å². The first-order valence-electron chi connectivity index (χ1n) is 9.16. The van der Waals surface area contributed by atoms with Gasteiger partial charge in [-0.25, -0.2) is 4.39 Å². The first-order chi connectivity index (χ1) is 12.3. The topological polar surface area (TPSA) is 30.5 Å². The highest BCUT2D eigenvalue weighted by molar-refractivity contribution is 5.33. The molecule has 0 radical (unpaired) electrons. The summed E-state index contributed by atoms with van der Waals surface area (Å²) in [6.07, 6.45) is 8.71. The number of rotatable bonds is 7. The third-order valence-electron chi connectivity index (χ3n) is 4.25. The predicted octanol–water partition coefficient (Wildman–Crippen LogP) is 5.36. The number of halogens is 1. The molecule has 2 unspecified atom stereocenters. The van der Waals surface area contributed by atoms with Crippen molar-refractivity contribution in [1.82, 2.24) is 5.32 Å². The largest absolute Gasteiger partial charge is 0.490 e. The molecule has 1 N–H and O–H groups in total. The lowest BCUT2D eigenvalue weighted by Gasteiger charge is -2.31. The molecule has 1 aromatic rings. The highest BCUT2D eigenvalue weighted by Crippen LogP contribution is 2.26. The van der Waals surface area contributed by atoms with Gasteiger partial charge in [0.2, 0.25) is 0 Å². The Morgan fingerprint density at radius 2 is 1.85 bits per heavy atom. The molecule has 0 saturated heterocycles.